The summed E-state index contributed by atoms with van der Waals surface area (Å²) in [6, 6.07) is 9.56. The van der Waals surface area contributed by atoms with Gasteiger partial charge in [-0.15, -0.1) is 0 Å². The molecule has 0 unspecified atom stereocenters. The van der Waals surface area contributed by atoms with Crippen LogP contribution in [-0.2, 0) is 6.54 Å². The third-order valence-electron chi connectivity index (χ3n) is 3.05. The maximum absolute atomic E-state index is 11.6. The molecule has 22 heavy (non-hydrogen) atoms. The first-order valence-electron chi connectivity index (χ1n) is 6.50. The molecule has 0 aliphatic heterocycles. The molecule has 3 rings (SSSR count). The van der Waals surface area contributed by atoms with E-state index < -0.39 is 11.2 Å². The van der Waals surface area contributed by atoms with Gasteiger partial charge in [-0.05, 0) is 12.1 Å². The molecule has 0 amide bonds. The monoisotopic (exact) mass is 313 g/mol. The zero-order valence-corrected chi connectivity index (χ0v) is 12.2. The Morgan fingerprint density at radius 1 is 1.36 bits per heavy atom. The fourth-order valence-electron chi connectivity index (χ4n) is 1.99. The molecule has 7 nitrogen and oxygen atoms in total. The van der Waals surface area contributed by atoms with Crippen LogP contribution in [0, 0.1) is 11.3 Å². The number of H-pyrrole nitrogens is 1. The van der Waals surface area contributed by atoms with E-state index in [4.69, 9.17) is 5.26 Å². The van der Waals surface area contributed by atoms with Gasteiger partial charge in [0.1, 0.15) is 11.6 Å². The lowest BCUT2D eigenvalue weighted by atomic mass is 10.3. The molecule has 2 heterocycles. The highest BCUT2D eigenvalue weighted by Crippen LogP contribution is 2.24. The molecule has 0 spiro atoms. The van der Waals surface area contributed by atoms with E-state index in [1.54, 1.807) is 6.07 Å². The Hall–Kier alpha value is -2.92. The van der Waals surface area contributed by atoms with E-state index in [9.17, 15) is 9.59 Å². The molecule has 0 aliphatic rings. The van der Waals surface area contributed by atoms with Gasteiger partial charge < -0.3 is 5.32 Å². The second-order valence-corrected chi connectivity index (χ2v) is 5.55. The van der Waals surface area contributed by atoms with Gasteiger partial charge in [0.25, 0.3) is 5.56 Å². The highest BCUT2D eigenvalue weighted by atomic mass is 32.1. The number of hydrogen-bond acceptors (Lipinski definition) is 6. The number of nitriles is 1. The van der Waals surface area contributed by atoms with Crippen molar-refractivity contribution in [2.24, 2.45) is 0 Å². The molecule has 1 aromatic carbocycles. The van der Waals surface area contributed by atoms with Crippen LogP contribution in [0.4, 0.5) is 5.13 Å². The number of nitrogens with one attached hydrogen (secondary N) is 2. The Kier molecular flexibility index (Phi) is 3.72. The van der Waals surface area contributed by atoms with Crippen molar-refractivity contribution in [2.45, 2.75) is 6.54 Å². The van der Waals surface area contributed by atoms with Crippen molar-refractivity contribution in [2.75, 3.05) is 11.9 Å². The lowest BCUT2D eigenvalue weighted by molar-refractivity contribution is 0.667. The SMILES string of the molecule is N#Cc1cn(CCNc2nc3ccccc3s2)c(=O)[nH]c1=O. The van der Waals surface area contributed by atoms with Gasteiger partial charge in [-0.25, -0.2) is 9.78 Å². The molecule has 0 saturated carbocycles. The fraction of sp³-hybridized carbons (Fsp3) is 0.143. The number of rotatable bonds is 4. The normalized spacial score (nSPS) is 10.5. The molecule has 0 aliphatic carbocycles. The summed E-state index contributed by atoms with van der Waals surface area (Å²) in [7, 11) is 0. The van der Waals surface area contributed by atoms with Gasteiger partial charge in [0.2, 0.25) is 0 Å². The molecule has 0 fully saturated rings. The number of benzene rings is 1. The van der Waals surface area contributed by atoms with E-state index in [0.717, 1.165) is 15.3 Å². The molecular formula is C14H11N5O2S. The van der Waals surface area contributed by atoms with Crippen molar-refractivity contribution in [1.82, 2.24) is 14.5 Å². The molecule has 110 valence electrons. The average molecular weight is 313 g/mol. The molecular weight excluding hydrogens is 302 g/mol. The second kappa shape index (κ2) is 5.83. The maximum atomic E-state index is 11.6. The summed E-state index contributed by atoms with van der Waals surface area (Å²) < 4.78 is 2.37. The molecule has 2 aromatic heterocycles. The third kappa shape index (κ3) is 2.75. The molecule has 0 radical (unpaired) electrons. The smallest absolute Gasteiger partial charge is 0.328 e. The zero-order chi connectivity index (χ0) is 15.5. The second-order valence-electron chi connectivity index (χ2n) is 4.52. The Balaban J connectivity index is 1.72. The Bertz CT molecular complexity index is 946. The summed E-state index contributed by atoms with van der Waals surface area (Å²) in [6.07, 6.45) is 1.27. The third-order valence-corrected chi connectivity index (χ3v) is 4.05. The van der Waals surface area contributed by atoms with Crippen LogP contribution >= 0.6 is 11.3 Å². The Morgan fingerprint density at radius 2 is 2.18 bits per heavy atom. The van der Waals surface area contributed by atoms with E-state index in [1.165, 1.54) is 22.1 Å². The van der Waals surface area contributed by atoms with Crippen molar-refractivity contribution < 1.29 is 0 Å². The number of nitrogens with zero attached hydrogens (tertiary/aromatic N) is 3. The van der Waals surface area contributed by atoms with Crippen LogP contribution in [0.2, 0.25) is 0 Å². The molecule has 8 heteroatoms. The van der Waals surface area contributed by atoms with E-state index in [-0.39, 0.29) is 5.56 Å². The van der Waals surface area contributed by atoms with Crippen LogP contribution < -0.4 is 16.6 Å². The maximum Gasteiger partial charge on any atom is 0.328 e. The lowest BCUT2D eigenvalue weighted by Crippen LogP contribution is -2.32. The molecule has 0 bridgehead atoms. The number of anilines is 1. The van der Waals surface area contributed by atoms with Crippen molar-refractivity contribution >= 4 is 26.7 Å². The van der Waals surface area contributed by atoms with Crippen molar-refractivity contribution in [3.63, 3.8) is 0 Å². The number of para-hydroxylation sites is 1. The lowest BCUT2D eigenvalue weighted by Gasteiger charge is -2.05. The van der Waals surface area contributed by atoms with Gasteiger partial charge in [-0.2, -0.15) is 5.26 Å². The number of hydrogen-bond donors (Lipinski definition) is 2. The summed E-state index contributed by atoms with van der Waals surface area (Å²) in [4.78, 5) is 29.5. The van der Waals surface area contributed by atoms with E-state index in [2.05, 4.69) is 15.3 Å². The van der Waals surface area contributed by atoms with Gasteiger partial charge in [-0.1, -0.05) is 23.5 Å². The molecule has 3 aromatic rings. The zero-order valence-electron chi connectivity index (χ0n) is 11.4. The van der Waals surface area contributed by atoms with Gasteiger partial charge in [0.15, 0.2) is 5.13 Å². The van der Waals surface area contributed by atoms with Gasteiger partial charge >= 0.3 is 5.69 Å². The summed E-state index contributed by atoms with van der Waals surface area (Å²) in [5.74, 6) is 0. The first-order chi connectivity index (χ1) is 10.7. The first-order valence-corrected chi connectivity index (χ1v) is 7.32. The van der Waals surface area contributed by atoms with Gasteiger partial charge in [0, 0.05) is 19.3 Å². The van der Waals surface area contributed by atoms with Crippen LogP contribution in [-0.4, -0.2) is 21.1 Å². The first kappa shape index (κ1) is 14.0. The number of thiazole rings is 1. The van der Waals surface area contributed by atoms with Crippen molar-refractivity contribution in [3.8, 4) is 6.07 Å². The minimum Gasteiger partial charge on any atom is -0.360 e. The summed E-state index contributed by atoms with van der Waals surface area (Å²) in [5.41, 5.74) is -0.361. The minimum atomic E-state index is -0.664. The van der Waals surface area contributed by atoms with Gasteiger partial charge in [0.05, 0.1) is 10.2 Å². The van der Waals surface area contributed by atoms with E-state index in [1.807, 2.05) is 24.3 Å². The summed E-state index contributed by atoms with van der Waals surface area (Å²) in [5, 5.41) is 12.7. The quantitative estimate of drug-likeness (QED) is 0.751. The van der Waals surface area contributed by atoms with Crippen LogP contribution in [0.1, 0.15) is 5.56 Å². The van der Waals surface area contributed by atoms with E-state index >= 15 is 0 Å². The summed E-state index contributed by atoms with van der Waals surface area (Å²) >= 11 is 1.53. The fourth-order valence-corrected chi connectivity index (χ4v) is 2.88. The summed E-state index contributed by atoms with van der Waals surface area (Å²) in [6.45, 7) is 0.775. The Morgan fingerprint density at radius 3 is 2.95 bits per heavy atom. The highest BCUT2D eigenvalue weighted by Gasteiger charge is 2.05. The predicted octanol–water partition coefficient (Wildman–Crippen LogP) is 1.13. The van der Waals surface area contributed by atoms with Crippen LogP contribution in [0.3, 0.4) is 0 Å². The number of aromatic amines is 1. The van der Waals surface area contributed by atoms with Crippen molar-refractivity contribution in [1.29, 1.82) is 5.26 Å². The number of fused-ring (bicyclic) bond motifs is 1. The van der Waals surface area contributed by atoms with Crippen LogP contribution in [0.5, 0.6) is 0 Å². The van der Waals surface area contributed by atoms with Crippen molar-refractivity contribution in [3.05, 3.63) is 56.9 Å². The highest BCUT2D eigenvalue weighted by molar-refractivity contribution is 7.22. The predicted molar refractivity (Wildman–Crippen MR) is 84.1 cm³/mol. The van der Waals surface area contributed by atoms with E-state index in [0.29, 0.717) is 13.1 Å². The average Bonchev–Trinajstić information content (AvgIpc) is 2.92. The molecule has 2 N–H and O–H groups in total. The standard InChI is InChI=1S/C14H11N5O2S/c15-7-9-8-19(14(21)18-12(9)20)6-5-16-13-17-10-3-1-2-4-11(10)22-13/h1-4,8H,5-6H2,(H,16,17)(H,18,20,21). The number of aromatic nitrogens is 3. The molecule has 0 saturated heterocycles. The molecule has 0 atom stereocenters. The largest absolute Gasteiger partial charge is 0.360 e. The topological polar surface area (TPSA) is 104 Å². The van der Waals surface area contributed by atoms with Crippen LogP contribution in [0.25, 0.3) is 10.2 Å². The van der Waals surface area contributed by atoms with Gasteiger partial charge in [-0.3, -0.25) is 14.3 Å². The Labute approximate surface area is 128 Å². The van der Waals surface area contributed by atoms with Crippen LogP contribution in [0.15, 0.2) is 40.1 Å². The minimum absolute atomic E-state index is 0.0837.